The molecule has 1 aliphatic carbocycles. The first-order valence-corrected chi connectivity index (χ1v) is 13.5. The molecule has 0 radical (unpaired) electrons. The summed E-state index contributed by atoms with van der Waals surface area (Å²) in [4.78, 5) is 1.44. The molecule has 0 amide bonds. The van der Waals surface area contributed by atoms with Crippen LogP contribution >= 0.6 is 11.3 Å². The lowest BCUT2D eigenvalue weighted by atomic mass is 9.82. The lowest BCUT2D eigenvalue weighted by Gasteiger charge is -2.26. The zero-order valence-electron chi connectivity index (χ0n) is 21.6. The molecule has 2 unspecified atom stereocenters. The second-order valence-electron chi connectivity index (χ2n) is 9.28. The Morgan fingerprint density at radius 1 is 1.15 bits per heavy atom. The summed E-state index contributed by atoms with van der Waals surface area (Å²) in [6.45, 7) is 23.2. The van der Waals surface area contributed by atoms with Crippen LogP contribution in [0.5, 0.6) is 0 Å². The van der Waals surface area contributed by atoms with Gasteiger partial charge in [0.15, 0.2) is 0 Å². The fraction of sp³-hybridized carbons (Fsp3) is 0.419. The van der Waals surface area contributed by atoms with Crippen LogP contribution in [0.25, 0.3) is 0 Å². The summed E-state index contributed by atoms with van der Waals surface area (Å²) in [6, 6.07) is 4.61. The molecule has 184 valence electrons. The summed E-state index contributed by atoms with van der Waals surface area (Å²) in [5.74, 6) is 0.536. The van der Waals surface area contributed by atoms with Crippen LogP contribution in [-0.4, -0.2) is 6.04 Å². The van der Waals surface area contributed by atoms with E-state index in [4.69, 9.17) is 0 Å². The first kappa shape index (κ1) is 27.7. The van der Waals surface area contributed by atoms with Crippen molar-refractivity contribution in [3.63, 3.8) is 0 Å². The van der Waals surface area contributed by atoms with Crippen molar-refractivity contribution in [1.29, 1.82) is 0 Å². The SMILES string of the molecule is C=CCCCCc1ccc(NC(C)C(=C)C2=CC=C(C(C)CC/C=C/NC(=C)CC)CC2=C)s1. The van der Waals surface area contributed by atoms with E-state index in [-0.39, 0.29) is 6.04 Å². The van der Waals surface area contributed by atoms with Crippen LogP contribution < -0.4 is 10.6 Å². The van der Waals surface area contributed by atoms with Gasteiger partial charge >= 0.3 is 0 Å². The Hall–Kier alpha value is -2.52. The zero-order chi connectivity index (χ0) is 24.9. The fourth-order valence-corrected chi connectivity index (χ4v) is 5.02. The second kappa shape index (κ2) is 14.7. The van der Waals surface area contributed by atoms with Gasteiger partial charge in [-0.2, -0.15) is 0 Å². The lowest BCUT2D eigenvalue weighted by molar-refractivity contribution is 0.605. The highest BCUT2D eigenvalue weighted by Gasteiger charge is 2.20. The fourth-order valence-electron chi connectivity index (χ4n) is 3.99. The van der Waals surface area contributed by atoms with E-state index in [1.165, 1.54) is 39.4 Å². The van der Waals surface area contributed by atoms with E-state index in [1.54, 1.807) is 0 Å². The van der Waals surface area contributed by atoms with Crippen LogP contribution in [0.4, 0.5) is 5.00 Å². The summed E-state index contributed by atoms with van der Waals surface area (Å²) >= 11 is 1.86. The largest absolute Gasteiger partial charge is 0.370 e. The van der Waals surface area contributed by atoms with E-state index >= 15 is 0 Å². The van der Waals surface area contributed by atoms with Gasteiger partial charge in [0.1, 0.15) is 0 Å². The number of anilines is 1. The van der Waals surface area contributed by atoms with Crippen molar-refractivity contribution in [3.8, 4) is 0 Å². The summed E-state index contributed by atoms with van der Waals surface area (Å²) in [5.41, 5.74) is 5.99. The molecule has 1 aromatic heterocycles. The van der Waals surface area contributed by atoms with Gasteiger partial charge in [-0.25, -0.2) is 0 Å². The van der Waals surface area contributed by atoms with Gasteiger partial charge in [-0.15, -0.1) is 17.9 Å². The molecular formula is C31H44N2S. The molecule has 0 saturated heterocycles. The number of aryl methyl sites for hydroxylation is 1. The smallest absolute Gasteiger partial charge is 0.0890 e. The Morgan fingerprint density at radius 2 is 1.94 bits per heavy atom. The molecule has 2 rings (SSSR count). The summed E-state index contributed by atoms with van der Waals surface area (Å²) < 4.78 is 0. The van der Waals surface area contributed by atoms with Crippen LogP contribution in [0.3, 0.4) is 0 Å². The number of nitrogens with one attached hydrogen (secondary N) is 2. The molecule has 0 aromatic carbocycles. The van der Waals surface area contributed by atoms with Crippen LogP contribution in [0.15, 0.2) is 96.9 Å². The van der Waals surface area contributed by atoms with Crippen molar-refractivity contribution in [1.82, 2.24) is 5.32 Å². The molecule has 0 bridgehead atoms. The van der Waals surface area contributed by atoms with E-state index in [2.05, 4.69) is 88.1 Å². The average Bonchev–Trinajstić information content (AvgIpc) is 3.27. The maximum absolute atomic E-state index is 4.41. The lowest BCUT2D eigenvalue weighted by Crippen LogP contribution is -2.19. The molecule has 34 heavy (non-hydrogen) atoms. The van der Waals surface area contributed by atoms with Gasteiger partial charge in [0.25, 0.3) is 0 Å². The van der Waals surface area contributed by atoms with Crippen molar-refractivity contribution in [3.05, 3.63) is 102 Å². The van der Waals surface area contributed by atoms with Crippen molar-refractivity contribution >= 4 is 16.3 Å². The number of unbranched alkanes of at least 4 members (excludes halogenated alkanes) is 2. The third-order valence-corrected chi connectivity index (χ3v) is 7.54. The van der Waals surface area contributed by atoms with E-state index in [9.17, 15) is 0 Å². The van der Waals surface area contributed by atoms with Crippen LogP contribution in [0.1, 0.15) is 70.6 Å². The van der Waals surface area contributed by atoms with Crippen molar-refractivity contribution in [2.75, 3.05) is 5.32 Å². The number of allylic oxidation sites excluding steroid dienone is 7. The molecule has 1 heterocycles. The molecule has 0 saturated carbocycles. The molecule has 2 nitrogen and oxygen atoms in total. The minimum absolute atomic E-state index is 0.165. The third-order valence-electron chi connectivity index (χ3n) is 6.46. The zero-order valence-corrected chi connectivity index (χ0v) is 22.4. The van der Waals surface area contributed by atoms with Gasteiger partial charge in [0.05, 0.1) is 5.00 Å². The standard InChI is InChI=1S/C31H44N2S/c1-8-10-11-12-16-29-18-20-31(34-29)33-27(7)26(6)30-19-17-28(22-24(30)4)23(3)15-13-14-21-32-25(5)9-2/h8,14,17-21,23,27,32-33H,1,4-6,9-13,15-16,22H2,2-3,7H3/b21-14+. The monoisotopic (exact) mass is 476 g/mol. The Kier molecular flexibility index (Phi) is 12.0. The number of rotatable bonds is 16. The molecule has 0 spiro atoms. The second-order valence-corrected chi connectivity index (χ2v) is 10.4. The van der Waals surface area contributed by atoms with E-state index in [0.717, 1.165) is 49.8 Å². The molecule has 1 aliphatic rings. The maximum Gasteiger partial charge on any atom is 0.0890 e. The highest BCUT2D eigenvalue weighted by Crippen LogP contribution is 2.34. The first-order chi connectivity index (χ1) is 16.3. The van der Waals surface area contributed by atoms with E-state index in [1.807, 2.05) is 23.6 Å². The maximum atomic E-state index is 4.41. The minimum Gasteiger partial charge on any atom is -0.370 e. The molecule has 3 heteroatoms. The van der Waals surface area contributed by atoms with Crippen LogP contribution in [0.2, 0.25) is 0 Å². The summed E-state index contributed by atoms with van der Waals surface area (Å²) in [6.07, 6.45) is 19.5. The van der Waals surface area contributed by atoms with Crippen LogP contribution in [0, 0.1) is 5.92 Å². The number of hydrogen-bond acceptors (Lipinski definition) is 3. The number of thiophene rings is 1. The normalized spacial score (nSPS) is 15.4. The van der Waals surface area contributed by atoms with Crippen molar-refractivity contribution < 1.29 is 0 Å². The Labute approximate surface area is 212 Å². The minimum atomic E-state index is 0.165. The Balaban J connectivity index is 1.87. The van der Waals surface area contributed by atoms with Gasteiger partial charge in [-0.3, -0.25) is 0 Å². The van der Waals surface area contributed by atoms with Gasteiger partial charge < -0.3 is 10.6 Å². The van der Waals surface area contributed by atoms with Crippen molar-refractivity contribution in [2.45, 2.75) is 78.2 Å². The molecular weight excluding hydrogens is 432 g/mol. The van der Waals surface area contributed by atoms with Gasteiger partial charge in [-0.05, 0) is 99.3 Å². The predicted octanol–water partition coefficient (Wildman–Crippen LogP) is 9.26. The molecule has 1 aromatic rings. The third kappa shape index (κ3) is 9.02. The van der Waals surface area contributed by atoms with Crippen LogP contribution in [-0.2, 0) is 6.42 Å². The van der Waals surface area contributed by atoms with Gasteiger partial charge in [0.2, 0.25) is 0 Å². The predicted molar refractivity (Wildman–Crippen MR) is 154 cm³/mol. The summed E-state index contributed by atoms with van der Waals surface area (Å²) in [7, 11) is 0. The topological polar surface area (TPSA) is 24.1 Å². The Morgan fingerprint density at radius 3 is 2.65 bits per heavy atom. The van der Waals surface area contributed by atoms with Gasteiger partial charge in [-0.1, -0.05) is 63.5 Å². The molecule has 0 aliphatic heterocycles. The van der Waals surface area contributed by atoms with Crippen molar-refractivity contribution in [2.24, 2.45) is 5.92 Å². The molecule has 2 atom stereocenters. The quantitative estimate of drug-likeness (QED) is 0.183. The van der Waals surface area contributed by atoms with E-state index < -0.39 is 0 Å². The first-order valence-electron chi connectivity index (χ1n) is 12.7. The van der Waals surface area contributed by atoms with Gasteiger partial charge in [0, 0.05) is 16.6 Å². The summed E-state index contributed by atoms with van der Waals surface area (Å²) in [5, 5.41) is 8.08. The van der Waals surface area contributed by atoms with E-state index in [0.29, 0.717) is 5.92 Å². The highest BCUT2D eigenvalue weighted by molar-refractivity contribution is 7.16. The molecule has 2 N–H and O–H groups in total. The average molecular weight is 477 g/mol. The highest BCUT2D eigenvalue weighted by atomic mass is 32.1. The number of hydrogen-bond donors (Lipinski definition) is 2. The molecule has 0 fully saturated rings. The Bertz CT molecular complexity index is 940.